The van der Waals surface area contributed by atoms with E-state index in [-0.39, 0.29) is 41.9 Å². The molecule has 1 saturated heterocycles. The topological polar surface area (TPSA) is 29.5 Å². The number of halogens is 3. The van der Waals surface area contributed by atoms with Gasteiger partial charge in [0.15, 0.2) is 11.6 Å². The van der Waals surface area contributed by atoms with Crippen molar-refractivity contribution in [2.24, 2.45) is 5.92 Å². The molecule has 0 saturated carbocycles. The summed E-state index contributed by atoms with van der Waals surface area (Å²) in [4.78, 5) is 14.0. The summed E-state index contributed by atoms with van der Waals surface area (Å²) in [5.74, 6) is -2.88. The van der Waals surface area contributed by atoms with Crippen LogP contribution < -0.4 is 0 Å². The summed E-state index contributed by atoms with van der Waals surface area (Å²) < 4.78 is 45.1. The second-order valence-corrected chi connectivity index (χ2v) is 7.29. The van der Waals surface area contributed by atoms with Gasteiger partial charge in [-0.1, -0.05) is 13.8 Å². The fraction of sp³-hybridized carbons (Fsp3) is 0.588. The summed E-state index contributed by atoms with van der Waals surface area (Å²) in [5.41, 5.74) is -0.0469. The molecule has 1 aliphatic heterocycles. The molecule has 0 N–H and O–H groups in total. The third-order valence-corrected chi connectivity index (χ3v) is 4.33. The van der Waals surface area contributed by atoms with Gasteiger partial charge in [-0.05, 0) is 18.4 Å². The summed E-state index contributed by atoms with van der Waals surface area (Å²) in [6.45, 7) is 4.54. The van der Waals surface area contributed by atoms with Crippen LogP contribution in [-0.2, 0) is 16.1 Å². The largest absolute Gasteiger partial charge is 0.375 e. The zero-order chi connectivity index (χ0) is 17.9. The van der Waals surface area contributed by atoms with Crippen LogP contribution in [0.15, 0.2) is 12.1 Å². The first-order chi connectivity index (χ1) is 11.3. The van der Waals surface area contributed by atoms with E-state index in [1.54, 1.807) is 4.90 Å². The van der Waals surface area contributed by atoms with Crippen LogP contribution in [0.4, 0.5) is 13.2 Å². The SMILES string of the molecule is CC(C)CC(=O)N1CC(S)CC1COCc1cc(F)c(F)cc1F. The molecule has 1 fully saturated rings. The van der Waals surface area contributed by atoms with Crippen LogP contribution in [-0.4, -0.2) is 35.3 Å². The Morgan fingerprint density at radius 1 is 1.29 bits per heavy atom. The fourth-order valence-electron chi connectivity index (χ4n) is 2.80. The van der Waals surface area contributed by atoms with E-state index in [0.29, 0.717) is 25.5 Å². The van der Waals surface area contributed by atoms with Gasteiger partial charge in [-0.15, -0.1) is 0 Å². The van der Waals surface area contributed by atoms with Gasteiger partial charge in [0.2, 0.25) is 5.91 Å². The zero-order valence-corrected chi connectivity index (χ0v) is 14.7. The van der Waals surface area contributed by atoms with Gasteiger partial charge < -0.3 is 9.64 Å². The second kappa shape index (κ2) is 8.25. The third-order valence-electron chi connectivity index (χ3n) is 3.95. The van der Waals surface area contributed by atoms with Crippen molar-refractivity contribution in [2.45, 2.75) is 44.6 Å². The molecule has 134 valence electrons. The number of carbonyl (C=O) groups is 1. The van der Waals surface area contributed by atoms with Crippen LogP contribution in [0.2, 0.25) is 0 Å². The van der Waals surface area contributed by atoms with Crippen LogP contribution >= 0.6 is 12.6 Å². The lowest BCUT2D eigenvalue weighted by Gasteiger charge is -2.25. The molecular formula is C17H22F3NO2S. The Hall–Kier alpha value is -1.21. The Bertz CT molecular complexity index is 597. The van der Waals surface area contributed by atoms with Gasteiger partial charge in [0, 0.05) is 29.8 Å². The van der Waals surface area contributed by atoms with E-state index in [4.69, 9.17) is 4.74 Å². The van der Waals surface area contributed by atoms with Crippen LogP contribution in [0.1, 0.15) is 32.3 Å². The van der Waals surface area contributed by atoms with Gasteiger partial charge in [0.1, 0.15) is 5.82 Å². The number of hydrogen-bond acceptors (Lipinski definition) is 3. The molecule has 2 rings (SSSR count). The molecule has 0 aromatic heterocycles. The van der Waals surface area contributed by atoms with Crippen molar-refractivity contribution in [3.8, 4) is 0 Å². The molecule has 1 heterocycles. The van der Waals surface area contributed by atoms with E-state index in [1.807, 2.05) is 13.8 Å². The van der Waals surface area contributed by atoms with E-state index in [2.05, 4.69) is 12.6 Å². The van der Waals surface area contributed by atoms with Crippen molar-refractivity contribution in [1.82, 2.24) is 4.90 Å². The lowest BCUT2D eigenvalue weighted by molar-refractivity contribution is -0.134. The highest BCUT2D eigenvalue weighted by Gasteiger charge is 2.33. The first-order valence-corrected chi connectivity index (χ1v) is 8.48. The molecule has 1 aromatic carbocycles. The van der Waals surface area contributed by atoms with E-state index < -0.39 is 17.5 Å². The Morgan fingerprint density at radius 3 is 2.62 bits per heavy atom. The molecule has 0 bridgehead atoms. The second-order valence-electron chi connectivity index (χ2n) is 6.56. The van der Waals surface area contributed by atoms with Crippen molar-refractivity contribution >= 4 is 18.5 Å². The number of thiol groups is 1. The molecule has 2 atom stereocenters. The van der Waals surface area contributed by atoms with E-state index >= 15 is 0 Å². The number of likely N-dealkylation sites (tertiary alicyclic amines) is 1. The summed E-state index contributed by atoms with van der Waals surface area (Å²) >= 11 is 4.43. The zero-order valence-electron chi connectivity index (χ0n) is 13.8. The monoisotopic (exact) mass is 361 g/mol. The number of nitrogens with zero attached hydrogens (tertiary/aromatic N) is 1. The summed E-state index contributed by atoms with van der Waals surface area (Å²) in [7, 11) is 0. The number of carbonyl (C=O) groups excluding carboxylic acids is 1. The first kappa shape index (κ1) is 19.1. The van der Waals surface area contributed by atoms with Crippen LogP contribution in [0, 0.1) is 23.4 Å². The number of hydrogen-bond donors (Lipinski definition) is 1. The molecule has 24 heavy (non-hydrogen) atoms. The normalized spacial score (nSPS) is 20.9. The van der Waals surface area contributed by atoms with Gasteiger partial charge in [0.05, 0.1) is 19.3 Å². The van der Waals surface area contributed by atoms with Crippen molar-refractivity contribution in [3.63, 3.8) is 0 Å². The van der Waals surface area contributed by atoms with Crippen molar-refractivity contribution in [1.29, 1.82) is 0 Å². The number of rotatable bonds is 6. The summed E-state index contributed by atoms with van der Waals surface area (Å²) in [6, 6.07) is 1.17. The Labute approximate surface area is 145 Å². The third kappa shape index (κ3) is 4.89. The Morgan fingerprint density at radius 2 is 1.96 bits per heavy atom. The summed E-state index contributed by atoms with van der Waals surface area (Å²) in [6.07, 6.45) is 1.14. The van der Waals surface area contributed by atoms with Gasteiger partial charge in [-0.2, -0.15) is 12.6 Å². The minimum absolute atomic E-state index is 0.0469. The molecular weight excluding hydrogens is 339 g/mol. The highest BCUT2D eigenvalue weighted by molar-refractivity contribution is 7.81. The molecule has 1 aliphatic rings. The average Bonchev–Trinajstić information content (AvgIpc) is 2.85. The molecule has 7 heteroatoms. The highest BCUT2D eigenvalue weighted by atomic mass is 32.1. The van der Waals surface area contributed by atoms with E-state index in [0.717, 1.165) is 6.07 Å². The minimum atomic E-state index is -1.23. The predicted molar refractivity (Wildman–Crippen MR) is 88.3 cm³/mol. The van der Waals surface area contributed by atoms with Crippen molar-refractivity contribution in [2.75, 3.05) is 13.2 Å². The molecule has 0 aliphatic carbocycles. The van der Waals surface area contributed by atoms with Crippen molar-refractivity contribution < 1.29 is 22.7 Å². The maximum absolute atomic E-state index is 13.6. The predicted octanol–water partition coefficient (Wildman–Crippen LogP) is 3.57. The lowest BCUT2D eigenvalue weighted by atomic mass is 10.1. The number of ether oxygens (including phenoxy) is 1. The van der Waals surface area contributed by atoms with Crippen molar-refractivity contribution in [3.05, 3.63) is 35.1 Å². The quantitative estimate of drug-likeness (QED) is 0.620. The molecule has 1 amide bonds. The summed E-state index contributed by atoms with van der Waals surface area (Å²) in [5, 5.41) is 0.0784. The van der Waals surface area contributed by atoms with E-state index in [9.17, 15) is 18.0 Å². The average molecular weight is 361 g/mol. The van der Waals surface area contributed by atoms with Gasteiger partial charge >= 0.3 is 0 Å². The van der Waals surface area contributed by atoms with Gasteiger partial charge in [-0.3, -0.25) is 4.79 Å². The molecule has 1 aromatic rings. The van der Waals surface area contributed by atoms with Gasteiger partial charge in [0.25, 0.3) is 0 Å². The van der Waals surface area contributed by atoms with Crippen LogP contribution in [0.5, 0.6) is 0 Å². The first-order valence-electron chi connectivity index (χ1n) is 7.96. The maximum atomic E-state index is 13.6. The number of amides is 1. The fourth-order valence-corrected chi connectivity index (χ4v) is 3.22. The Balaban J connectivity index is 1.93. The van der Waals surface area contributed by atoms with E-state index in [1.165, 1.54) is 0 Å². The number of benzene rings is 1. The highest BCUT2D eigenvalue weighted by Crippen LogP contribution is 2.24. The smallest absolute Gasteiger partial charge is 0.223 e. The molecule has 3 nitrogen and oxygen atoms in total. The van der Waals surface area contributed by atoms with Gasteiger partial charge in [-0.25, -0.2) is 13.2 Å². The minimum Gasteiger partial charge on any atom is -0.375 e. The van der Waals surface area contributed by atoms with Crippen LogP contribution in [0.25, 0.3) is 0 Å². The lowest BCUT2D eigenvalue weighted by Crippen LogP contribution is -2.39. The molecule has 0 spiro atoms. The van der Waals surface area contributed by atoms with Crippen LogP contribution in [0.3, 0.4) is 0 Å². The molecule has 0 radical (unpaired) electrons. The Kier molecular flexibility index (Phi) is 6.57. The molecule has 2 unspecified atom stereocenters. The maximum Gasteiger partial charge on any atom is 0.223 e. The standard InChI is InChI=1S/C17H22F3NO2S/c1-10(2)3-17(22)21-7-13(24)5-12(21)9-23-8-11-4-15(19)16(20)6-14(11)18/h4,6,10,12-13,24H,3,5,7-9H2,1-2H3.